The Bertz CT molecular complexity index is 422. The molecule has 1 aromatic carbocycles. The van der Waals surface area contributed by atoms with E-state index in [4.69, 9.17) is 5.26 Å². The standard InChI is InChI=1S/C9H4NS/c10-5-7-6-11-9-4-2-1-3-8(7)9/h2-4,6H. The SMILES string of the molecule is N#Cc1csc2cc[c]cc12. The number of benzene rings is 1. The topological polar surface area (TPSA) is 23.8 Å². The van der Waals surface area contributed by atoms with E-state index in [1.807, 2.05) is 23.6 Å². The largest absolute Gasteiger partial charge is 0.192 e. The first-order valence-corrected chi connectivity index (χ1v) is 4.07. The maximum absolute atomic E-state index is 8.67. The summed E-state index contributed by atoms with van der Waals surface area (Å²) in [4.78, 5) is 0. The van der Waals surface area contributed by atoms with Gasteiger partial charge >= 0.3 is 0 Å². The van der Waals surface area contributed by atoms with Gasteiger partial charge < -0.3 is 0 Å². The van der Waals surface area contributed by atoms with Crippen molar-refractivity contribution >= 4 is 21.4 Å². The number of fused-ring (bicyclic) bond motifs is 1. The van der Waals surface area contributed by atoms with Gasteiger partial charge in [-0.05, 0) is 18.2 Å². The maximum atomic E-state index is 8.67. The van der Waals surface area contributed by atoms with Gasteiger partial charge in [0, 0.05) is 15.5 Å². The minimum Gasteiger partial charge on any atom is -0.192 e. The van der Waals surface area contributed by atoms with Gasteiger partial charge in [0.15, 0.2) is 0 Å². The summed E-state index contributed by atoms with van der Waals surface area (Å²) in [5.41, 5.74) is 0.752. The fourth-order valence-electron chi connectivity index (χ4n) is 1.00. The van der Waals surface area contributed by atoms with E-state index in [1.54, 1.807) is 11.3 Å². The number of nitrogens with zero attached hydrogens (tertiary/aromatic N) is 1. The van der Waals surface area contributed by atoms with Gasteiger partial charge in [0.1, 0.15) is 6.07 Å². The average molecular weight is 158 g/mol. The molecule has 0 aliphatic carbocycles. The van der Waals surface area contributed by atoms with Gasteiger partial charge in [-0.15, -0.1) is 11.3 Å². The van der Waals surface area contributed by atoms with Crippen LogP contribution >= 0.6 is 11.3 Å². The van der Waals surface area contributed by atoms with E-state index in [9.17, 15) is 0 Å². The average Bonchev–Trinajstić information content (AvgIpc) is 2.47. The van der Waals surface area contributed by atoms with Gasteiger partial charge in [0.05, 0.1) is 5.56 Å². The zero-order valence-corrected chi connectivity index (χ0v) is 6.48. The van der Waals surface area contributed by atoms with Crippen molar-refractivity contribution in [1.29, 1.82) is 5.26 Å². The van der Waals surface area contributed by atoms with Crippen LogP contribution in [0.5, 0.6) is 0 Å². The first-order chi connectivity index (χ1) is 5.42. The van der Waals surface area contributed by atoms with E-state index in [-0.39, 0.29) is 0 Å². The van der Waals surface area contributed by atoms with Crippen molar-refractivity contribution in [2.75, 3.05) is 0 Å². The highest BCUT2D eigenvalue weighted by Crippen LogP contribution is 2.24. The normalized spacial score (nSPS) is 9.73. The fraction of sp³-hybridized carbons (Fsp3) is 0. The third kappa shape index (κ3) is 0.903. The van der Waals surface area contributed by atoms with Crippen molar-refractivity contribution in [2.45, 2.75) is 0 Å². The molecule has 51 valence electrons. The molecule has 1 aromatic heterocycles. The van der Waals surface area contributed by atoms with E-state index in [1.165, 1.54) is 0 Å². The second-order valence-electron chi connectivity index (χ2n) is 2.18. The molecular weight excluding hydrogens is 154 g/mol. The highest BCUT2D eigenvalue weighted by atomic mass is 32.1. The van der Waals surface area contributed by atoms with Gasteiger partial charge in [0.2, 0.25) is 0 Å². The Morgan fingerprint density at radius 3 is 3.27 bits per heavy atom. The lowest BCUT2D eigenvalue weighted by Crippen LogP contribution is -1.66. The van der Waals surface area contributed by atoms with Crippen molar-refractivity contribution in [1.82, 2.24) is 0 Å². The number of thiophene rings is 1. The molecule has 1 radical (unpaired) electrons. The smallest absolute Gasteiger partial charge is 0.101 e. The molecule has 0 aliphatic heterocycles. The monoisotopic (exact) mass is 158 g/mol. The molecule has 0 N–H and O–H groups in total. The summed E-state index contributed by atoms with van der Waals surface area (Å²) in [6, 6.07) is 10.8. The van der Waals surface area contributed by atoms with Crippen LogP contribution in [0.15, 0.2) is 23.6 Å². The molecule has 2 rings (SSSR count). The third-order valence-electron chi connectivity index (χ3n) is 1.54. The molecule has 0 bridgehead atoms. The zero-order chi connectivity index (χ0) is 7.68. The highest BCUT2D eigenvalue weighted by molar-refractivity contribution is 7.17. The van der Waals surface area contributed by atoms with Crippen LogP contribution < -0.4 is 0 Å². The van der Waals surface area contributed by atoms with Crippen LogP contribution in [0.2, 0.25) is 0 Å². The van der Waals surface area contributed by atoms with Crippen molar-refractivity contribution < 1.29 is 0 Å². The molecule has 0 atom stereocenters. The second kappa shape index (κ2) is 2.37. The third-order valence-corrected chi connectivity index (χ3v) is 2.50. The second-order valence-corrected chi connectivity index (χ2v) is 3.09. The van der Waals surface area contributed by atoms with Crippen LogP contribution in [0.4, 0.5) is 0 Å². The predicted octanol–water partition coefficient (Wildman–Crippen LogP) is 2.57. The summed E-state index contributed by atoms with van der Waals surface area (Å²) in [7, 11) is 0. The lowest BCUT2D eigenvalue weighted by molar-refractivity contribution is 1.52. The highest BCUT2D eigenvalue weighted by Gasteiger charge is 1.99. The molecule has 1 nitrogen and oxygen atoms in total. The molecule has 0 unspecified atom stereocenters. The molecule has 2 heteroatoms. The number of nitriles is 1. The molecule has 0 spiro atoms. The molecule has 1 heterocycles. The maximum Gasteiger partial charge on any atom is 0.101 e. The van der Waals surface area contributed by atoms with Crippen molar-refractivity contribution in [3.05, 3.63) is 35.2 Å². The van der Waals surface area contributed by atoms with E-state index < -0.39 is 0 Å². The van der Waals surface area contributed by atoms with Crippen LogP contribution in [0.1, 0.15) is 5.56 Å². The van der Waals surface area contributed by atoms with Crippen LogP contribution in [0, 0.1) is 17.4 Å². The Morgan fingerprint density at radius 2 is 2.45 bits per heavy atom. The van der Waals surface area contributed by atoms with Crippen molar-refractivity contribution in [2.24, 2.45) is 0 Å². The van der Waals surface area contributed by atoms with Gasteiger partial charge in [-0.3, -0.25) is 0 Å². The summed E-state index contributed by atoms with van der Waals surface area (Å²) in [5, 5.41) is 11.6. The quantitative estimate of drug-likeness (QED) is 0.578. The first kappa shape index (κ1) is 6.38. The Morgan fingerprint density at radius 1 is 1.55 bits per heavy atom. The van der Waals surface area contributed by atoms with Gasteiger partial charge in [-0.1, -0.05) is 6.07 Å². The number of rotatable bonds is 0. The molecule has 0 fully saturated rings. The van der Waals surface area contributed by atoms with Crippen LogP contribution in [0.3, 0.4) is 0 Å². The summed E-state index contributed by atoms with van der Waals surface area (Å²) in [6.45, 7) is 0. The zero-order valence-electron chi connectivity index (χ0n) is 5.66. The molecular formula is C9H4NS. The van der Waals surface area contributed by atoms with E-state index in [2.05, 4.69) is 12.1 Å². The summed E-state index contributed by atoms with van der Waals surface area (Å²) in [5.74, 6) is 0. The lowest BCUT2D eigenvalue weighted by Gasteiger charge is -1.84. The minimum atomic E-state index is 0.752. The Kier molecular flexibility index (Phi) is 1.38. The number of hydrogen-bond donors (Lipinski definition) is 0. The molecule has 0 saturated heterocycles. The summed E-state index contributed by atoms with van der Waals surface area (Å²) < 4.78 is 1.15. The van der Waals surface area contributed by atoms with Crippen LogP contribution in [-0.4, -0.2) is 0 Å². The fourth-order valence-corrected chi connectivity index (χ4v) is 1.87. The molecule has 11 heavy (non-hydrogen) atoms. The van der Waals surface area contributed by atoms with Gasteiger partial charge in [-0.25, -0.2) is 0 Å². The summed E-state index contributed by atoms with van der Waals surface area (Å²) >= 11 is 1.60. The first-order valence-electron chi connectivity index (χ1n) is 3.19. The van der Waals surface area contributed by atoms with E-state index >= 15 is 0 Å². The van der Waals surface area contributed by atoms with Crippen LogP contribution in [0.25, 0.3) is 10.1 Å². The molecule has 2 aromatic rings. The van der Waals surface area contributed by atoms with Crippen molar-refractivity contribution in [3.63, 3.8) is 0 Å². The van der Waals surface area contributed by atoms with Gasteiger partial charge in [0.25, 0.3) is 0 Å². The molecule has 0 saturated carbocycles. The van der Waals surface area contributed by atoms with E-state index in [0.717, 1.165) is 15.6 Å². The van der Waals surface area contributed by atoms with E-state index in [0.29, 0.717) is 0 Å². The van der Waals surface area contributed by atoms with Crippen molar-refractivity contribution in [3.8, 4) is 6.07 Å². The predicted molar refractivity (Wildman–Crippen MR) is 45.4 cm³/mol. The lowest BCUT2D eigenvalue weighted by atomic mass is 10.2. The van der Waals surface area contributed by atoms with Crippen LogP contribution in [-0.2, 0) is 0 Å². The number of hydrogen-bond acceptors (Lipinski definition) is 2. The Balaban J connectivity index is 2.89. The molecule has 0 aliphatic rings. The summed E-state index contributed by atoms with van der Waals surface area (Å²) in [6.07, 6.45) is 0. The van der Waals surface area contributed by atoms with Gasteiger partial charge in [-0.2, -0.15) is 5.26 Å². The Labute approximate surface area is 68.5 Å². The Hall–Kier alpha value is -1.33. The molecule has 0 amide bonds. The minimum absolute atomic E-state index is 0.752.